The maximum Gasteiger partial charge on any atom is 0.419 e. The minimum Gasteiger partial charge on any atom is -0.478 e. The molecule has 5 N–H and O–H groups in total. The first-order valence-corrected chi connectivity index (χ1v) is 4.26. The molecule has 0 radical (unpaired) electrons. The Morgan fingerprint density at radius 1 is 1.29 bits per heavy atom. The normalized spacial score (nSPS) is 11.0. The predicted molar refractivity (Wildman–Crippen MR) is 53.9 cm³/mol. The van der Waals surface area contributed by atoms with Crippen LogP contribution in [0.5, 0.6) is 0 Å². The van der Waals surface area contributed by atoms with Gasteiger partial charge in [0.25, 0.3) is 0 Å². The number of guanidine groups is 1. The molecule has 0 aliphatic rings. The van der Waals surface area contributed by atoms with Gasteiger partial charge in [-0.05, 0) is 12.1 Å². The Bertz CT molecular complexity index is 479. The molecule has 1 aromatic carbocycles. The summed E-state index contributed by atoms with van der Waals surface area (Å²) in [5, 5.41) is 8.68. The van der Waals surface area contributed by atoms with E-state index < -0.39 is 34.9 Å². The second-order valence-electron chi connectivity index (χ2n) is 3.04. The van der Waals surface area contributed by atoms with Crippen molar-refractivity contribution in [1.29, 1.82) is 0 Å². The Kier molecular flexibility index (Phi) is 3.26. The van der Waals surface area contributed by atoms with E-state index in [1.54, 1.807) is 0 Å². The van der Waals surface area contributed by atoms with Gasteiger partial charge in [-0.2, -0.15) is 13.2 Å². The van der Waals surface area contributed by atoms with E-state index in [-0.39, 0.29) is 0 Å². The molecule has 1 aromatic rings. The maximum absolute atomic E-state index is 12.7. The number of hydrogen-bond donors (Lipinski definition) is 3. The average molecular weight is 247 g/mol. The molecular formula is C9H8F3N3O2. The van der Waals surface area contributed by atoms with Crippen LogP contribution in [0, 0.1) is 0 Å². The molecule has 0 spiro atoms. The number of benzene rings is 1. The molecule has 0 amide bonds. The number of nitrogens with two attached hydrogens (primary N) is 2. The van der Waals surface area contributed by atoms with E-state index in [0.29, 0.717) is 0 Å². The van der Waals surface area contributed by atoms with Crippen LogP contribution in [0.25, 0.3) is 0 Å². The fraction of sp³-hybridized carbons (Fsp3) is 0.111. The zero-order valence-electron chi connectivity index (χ0n) is 8.32. The topological polar surface area (TPSA) is 102 Å². The van der Waals surface area contributed by atoms with Crippen molar-refractivity contribution in [3.63, 3.8) is 0 Å². The number of carbonyl (C=O) groups is 1. The zero-order valence-corrected chi connectivity index (χ0v) is 8.32. The van der Waals surface area contributed by atoms with Gasteiger partial charge in [-0.25, -0.2) is 9.79 Å². The number of aromatic carboxylic acids is 1. The van der Waals surface area contributed by atoms with Crippen molar-refractivity contribution in [2.75, 3.05) is 0 Å². The molecular weight excluding hydrogens is 239 g/mol. The lowest BCUT2D eigenvalue weighted by Gasteiger charge is -2.12. The fourth-order valence-corrected chi connectivity index (χ4v) is 1.25. The number of carboxylic acids is 1. The second kappa shape index (κ2) is 4.32. The van der Waals surface area contributed by atoms with Crippen molar-refractivity contribution in [2.45, 2.75) is 6.18 Å². The number of carboxylic acid groups (broad SMARTS) is 1. The highest BCUT2D eigenvalue weighted by Gasteiger charge is 2.38. The van der Waals surface area contributed by atoms with Crippen molar-refractivity contribution >= 4 is 17.6 Å². The summed E-state index contributed by atoms with van der Waals surface area (Å²) in [6.07, 6.45) is -4.86. The molecule has 92 valence electrons. The Labute approximate surface area is 93.6 Å². The van der Waals surface area contributed by atoms with Crippen LogP contribution in [0.4, 0.5) is 18.9 Å². The number of nitrogens with zero attached hydrogens (tertiary/aromatic N) is 1. The lowest BCUT2D eigenvalue weighted by molar-refractivity contribution is -0.137. The molecule has 17 heavy (non-hydrogen) atoms. The van der Waals surface area contributed by atoms with Crippen molar-refractivity contribution < 1.29 is 23.1 Å². The van der Waals surface area contributed by atoms with E-state index >= 15 is 0 Å². The average Bonchev–Trinajstić information content (AvgIpc) is 2.14. The van der Waals surface area contributed by atoms with Gasteiger partial charge in [0.2, 0.25) is 0 Å². The van der Waals surface area contributed by atoms with Gasteiger partial charge in [0, 0.05) is 0 Å². The molecule has 1 rings (SSSR count). The van der Waals surface area contributed by atoms with E-state index in [9.17, 15) is 18.0 Å². The van der Waals surface area contributed by atoms with Gasteiger partial charge in [-0.15, -0.1) is 0 Å². The lowest BCUT2D eigenvalue weighted by Crippen LogP contribution is -2.22. The zero-order chi connectivity index (χ0) is 13.2. The van der Waals surface area contributed by atoms with E-state index in [2.05, 4.69) is 4.99 Å². The predicted octanol–water partition coefficient (Wildman–Crippen LogP) is 1.31. The number of rotatable bonds is 2. The molecule has 0 saturated heterocycles. The molecule has 0 atom stereocenters. The lowest BCUT2D eigenvalue weighted by atomic mass is 10.1. The molecule has 5 nitrogen and oxygen atoms in total. The minimum atomic E-state index is -4.86. The summed E-state index contributed by atoms with van der Waals surface area (Å²) >= 11 is 0. The molecule has 0 aromatic heterocycles. The Morgan fingerprint density at radius 3 is 2.29 bits per heavy atom. The highest BCUT2D eigenvalue weighted by atomic mass is 19.4. The summed E-state index contributed by atoms with van der Waals surface area (Å²) in [4.78, 5) is 14.0. The smallest absolute Gasteiger partial charge is 0.419 e. The fourth-order valence-electron chi connectivity index (χ4n) is 1.25. The van der Waals surface area contributed by atoms with Crippen LogP contribution in [-0.4, -0.2) is 17.0 Å². The Hall–Kier alpha value is -2.25. The molecule has 0 bridgehead atoms. The Balaban J connectivity index is 3.57. The van der Waals surface area contributed by atoms with Crippen LogP contribution < -0.4 is 11.5 Å². The first kappa shape index (κ1) is 12.8. The highest BCUT2D eigenvalue weighted by molar-refractivity contribution is 5.92. The van der Waals surface area contributed by atoms with E-state index in [0.717, 1.165) is 18.2 Å². The number of halogens is 3. The molecule has 0 fully saturated rings. The van der Waals surface area contributed by atoms with Gasteiger partial charge in [-0.3, -0.25) is 0 Å². The van der Waals surface area contributed by atoms with Gasteiger partial charge in [0.05, 0.1) is 16.8 Å². The third kappa shape index (κ3) is 2.86. The molecule has 0 aliphatic heterocycles. The SMILES string of the molecule is NC(N)=Nc1cccc(C(=O)O)c1C(F)(F)F. The van der Waals surface area contributed by atoms with Crippen molar-refractivity contribution in [2.24, 2.45) is 16.5 Å². The van der Waals surface area contributed by atoms with Gasteiger partial charge in [-0.1, -0.05) is 6.07 Å². The molecule has 0 unspecified atom stereocenters. The van der Waals surface area contributed by atoms with Crippen LogP contribution in [0.3, 0.4) is 0 Å². The van der Waals surface area contributed by atoms with Crippen LogP contribution in [0.1, 0.15) is 15.9 Å². The molecule has 8 heteroatoms. The molecule has 0 aliphatic carbocycles. The minimum absolute atomic E-state index is 0.585. The van der Waals surface area contributed by atoms with Gasteiger partial charge < -0.3 is 16.6 Å². The van der Waals surface area contributed by atoms with Crippen LogP contribution in [0.15, 0.2) is 23.2 Å². The summed E-state index contributed by atoms with van der Waals surface area (Å²) in [6.45, 7) is 0. The third-order valence-corrected chi connectivity index (χ3v) is 1.81. The first-order chi connectivity index (χ1) is 7.73. The summed E-state index contributed by atoms with van der Waals surface area (Å²) in [5.41, 5.74) is 7.05. The second-order valence-corrected chi connectivity index (χ2v) is 3.04. The first-order valence-electron chi connectivity index (χ1n) is 4.26. The molecule has 0 saturated carbocycles. The van der Waals surface area contributed by atoms with Crippen LogP contribution >= 0.6 is 0 Å². The number of aliphatic imine (C=N–C) groups is 1. The maximum atomic E-state index is 12.7. The van der Waals surface area contributed by atoms with Crippen molar-refractivity contribution in [1.82, 2.24) is 0 Å². The van der Waals surface area contributed by atoms with E-state index in [4.69, 9.17) is 16.6 Å². The monoisotopic (exact) mass is 247 g/mol. The Morgan fingerprint density at radius 2 is 1.88 bits per heavy atom. The standard InChI is InChI=1S/C9H8F3N3O2/c10-9(11,12)6-4(7(16)17)2-1-3-5(6)15-8(13)14/h1-3H,(H,16,17)(H4,13,14,15). The van der Waals surface area contributed by atoms with Crippen molar-refractivity contribution in [3.8, 4) is 0 Å². The van der Waals surface area contributed by atoms with Gasteiger partial charge in [0.15, 0.2) is 5.96 Å². The van der Waals surface area contributed by atoms with Crippen LogP contribution in [0.2, 0.25) is 0 Å². The highest BCUT2D eigenvalue weighted by Crippen LogP contribution is 2.38. The number of alkyl halides is 3. The number of hydrogen-bond acceptors (Lipinski definition) is 2. The van der Waals surface area contributed by atoms with E-state index in [1.807, 2.05) is 0 Å². The van der Waals surface area contributed by atoms with Gasteiger partial charge in [0.1, 0.15) is 0 Å². The van der Waals surface area contributed by atoms with Crippen LogP contribution in [-0.2, 0) is 6.18 Å². The summed E-state index contributed by atoms with van der Waals surface area (Å²) in [7, 11) is 0. The third-order valence-electron chi connectivity index (χ3n) is 1.81. The summed E-state index contributed by atoms with van der Waals surface area (Å²) in [6, 6.07) is 2.94. The van der Waals surface area contributed by atoms with Crippen molar-refractivity contribution in [3.05, 3.63) is 29.3 Å². The van der Waals surface area contributed by atoms with Gasteiger partial charge >= 0.3 is 12.1 Å². The quantitative estimate of drug-likeness (QED) is 0.541. The summed E-state index contributed by atoms with van der Waals surface area (Å²) in [5.74, 6) is -2.29. The molecule has 0 heterocycles. The largest absolute Gasteiger partial charge is 0.478 e. The van der Waals surface area contributed by atoms with E-state index in [1.165, 1.54) is 0 Å². The summed E-state index contributed by atoms with van der Waals surface area (Å²) < 4.78 is 38.1.